The van der Waals surface area contributed by atoms with Crippen LogP contribution in [-0.4, -0.2) is 63.8 Å². The molecule has 29 heavy (non-hydrogen) atoms. The van der Waals surface area contributed by atoms with Crippen molar-refractivity contribution in [3.05, 3.63) is 66.0 Å². The summed E-state index contributed by atoms with van der Waals surface area (Å²) >= 11 is 0. The molecule has 2 aromatic carbocycles. The number of para-hydroxylation sites is 1. The Labute approximate surface area is 170 Å². The van der Waals surface area contributed by atoms with Crippen LogP contribution in [-0.2, 0) is 14.8 Å². The van der Waals surface area contributed by atoms with Gasteiger partial charge in [-0.25, -0.2) is 17.1 Å². The third-order valence-electron chi connectivity index (χ3n) is 4.86. The first kappa shape index (κ1) is 21.0. The van der Waals surface area contributed by atoms with Crippen LogP contribution < -0.4 is 4.90 Å². The highest BCUT2D eigenvalue weighted by molar-refractivity contribution is 7.89. The molecule has 1 heterocycles. The molecule has 1 fully saturated rings. The van der Waals surface area contributed by atoms with Crippen molar-refractivity contribution in [3.8, 4) is 0 Å². The number of rotatable bonds is 5. The fraction of sp³-hybridized carbons (Fsp3) is 0.286. The Morgan fingerprint density at radius 1 is 1.00 bits per heavy atom. The molecule has 154 valence electrons. The Hall–Kier alpha value is -2.71. The summed E-state index contributed by atoms with van der Waals surface area (Å²) in [5.74, 6) is -0.380. The molecule has 8 heteroatoms. The van der Waals surface area contributed by atoms with Gasteiger partial charge in [-0.05, 0) is 35.9 Å². The number of sulfonamides is 1. The van der Waals surface area contributed by atoms with Gasteiger partial charge in [0.05, 0.1) is 10.6 Å². The van der Waals surface area contributed by atoms with Crippen LogP contribution in [0.5, 0.6) is 0 Å². The minimum atomic E-state index is -3.47. The highest BCUT2D eigenvalue weighted by Gasteiger charge is 2.21. The first-order chi connectivity index (χ1) is 13.8. The predicted molar refractivity (Wildman–Crippen MR) is 112 cm³/mol. The van der Waals surface area contributed by atoms with Gasteiger partial charge < -0.3 is 9.80 Å². The van der Waals surface area contributed by atoms with E-state index in [1.165, 1.54) is 38.4 Å². The van der Waals surface area contributed by atoms with Crippen molar-refractivity contribution >= 4 is 27.7 Å². The molecule has 0 N–H and O–H groups in total. The average Bonchev–Trinajstić information content (AvgIpc) is 2.72. The van der Waals surface area contributed by atoms with Gasteiger partial charge in [0, 0.05) is 46.4 Å². The van der Waals surface area contributed by atoms with Crippen LogP contribution in [0.15, 0.2) is 59.5 Å². The zero-order valence-electron chi connectivity index (χ0n) is 16.5. The second-order valence-electron chi connectivity index (χ2n) is 6.95. The molecule has 3 rings (SSSR count). The van der Waals surface area contributed by atoms with Crippen LogP contribution in [0.1, 0.15) is 5.56 Å². The quantitative estimate of drug-likeness (QED) is 0.701. The smallest absolute Gasteiger partial charge is 0.246 e. The van der Waals surface area contributed by atoms with Crippen LogP contribution in [0.3, 0.4) is 0 Å². The molecule has 0 aromatic heterocycles. The second kappa shape index (κ2) is 8.75. The molecular weight excluding hydrogens is 393 g/mol. The highest BCUT2D eigenvalue weighted by atomic mass is 32.2. The summed E-state index contributed by atoms with van der Waals surface area (Å²) in [6, 6.07) is 13.0. The number of benzene rings is 2. The minimum Gasteiger partial charge on any atom is -0.366 e. The maximum atomic E-state index is 13.9. The number of nitrogens with zero attached hydrogens (tertiary/aromatic N) is 3. The van der Waals surface area contributed by atoms with E-state index in [-0.39, 0.29) is 16.6 Å². The molecule has 1 amide bonds. The molecule has 1 aliphatic rings. The van der Waals surface area contributed by atoms with Crippen LogP contribution in [0.4, 0.5) is 10.1 Å². The SMILES string of the molecule is CN(C)S(=O)(=O)c1ccc(/C=C/C(=O)N2CCN(c3ccccc3F)CC2)cc1. The Morgan fingerprint density at radius 3 is 2.21 bits per heavy atom. The van der Waals surface area contributed by atoms with Crippen LogP contribution in [0, 0.1) is 5.82 Å². The maximum Gasteiger partial charge on any atom is 0.246 e. The van der Waals surface area contributed by atoms with E-state index < -0.39 is 10.0 Å². The number of halogens is 1. The van der Waals surface area contributed by atoms with Crippen LogP contribution >= 0.6 is 0 Å². The molecule has 1 aliphatic heterocycles. The lowest BCUT2D eigenvalue weighted by molar-refractivity contribution is -0.126. The molecule has 1 saturated heterocycles. The Kier molecular flexibility index (Phi) is 6.34. The van der Waals surface area contributed by atoms with Gasteiger partial charge in [-0.15, -0.1) is 0 Å². The van der Waals surface area contributed by atoms with Gasteiger partial charge in [0.1, 0.15) is 5.82 Å². The van der Waals surface area contributed by atoms with Gasteiger partial charge in [0.2, 0.25) is 15.9 Å². The summed E-state index contributed by atoms with van der Waals surface area (Å²) < 4.78 is 39.2. The molecule has 0 spiro atoms. The highest BCUT2D eigenvalue weighted by Crippen LogP contribution is 2.20. The number of anilines is 1. The topological polar surface area (TPSA) is 60.9 Å². The third-order valence-corrected chi connectivity index (χ3v) is 6.69. The van der Waals surface area contributed by atoms with E-state index in [1.54, 1.807) is 41.3 Å². The molecule has 0 atom stereocenters. The first-order valence-corrected chi connectivity index (χ1v) is 10.7. The zero-order valence-corrected chi connectivity index (χ0v) is 17.3. The van der Waals surface area contributed by atoms with E-state index in [1.807, 2.05) is 4.90 Å². The lowest BCUT2D eigenvalue weighted by atomic mass is 10.2. The van der Waals surface area contributed by atoms with Crippen molar-refractivity contribution in [2.75, 3.05) is 45.2 Å². The summed E-state index contributed by atoms with van der Waals surface area (Å²) in [6.07, 6.45) is 3.14. The maximum absolute atomic E-state index is 13.9. The number of hydrogen-bond acceptors (Lipinski definition) is 4. The molecule has 0 bridgehead atoms. The number of hydrogen-bond donors (Lipinski definition) is 0. The predicted octanol–water partition coefficient (Wildman–Crippen LogP) is 2.44. The number of amides is 1. The van der Waals surface area contributed by atoms with E-state index >= 15 is 0 Å². The number of carbonyl (C=O) groups excluding carboxylic acids is 1. The molecule has 0 unspecified atom stereocenters. The third kappa shape index (κ3) is 4.83. The molecule has 0 radical (unpaired) electrons. The summed E-state index contributed by atoms with van der Waals surface area (Å²) in [4.78, 5) is 16.3. The van der Waals surface area contributed by atoms with Crippen molar-refractivity contribution in [1.29, 1.82) is 0 Å². The minimum absolute atomic E-state index is 0.122. The van der Waals surface area contributed by atoms with E-state index in [4.69, 9.17) is 0 Å². The summed E-state index contributed by atoms with van der Waals surface area (Å²) in [5, 5.41) is 0. The van der Waals surface area contributed by atoms with Gasteiger partial charge in [0.15, 0.2) is 0 Å². The lowest BCUT2D eigenvalue weighted by Gasteiger charge is -2.35. The largest absolute Gasteiger partial charge is 0.366 e. The van der Waals surface area contributed by atoms with Gasteiger partial charge in [-0.1, -0.05) is 24.3 Å². The standard InChI is InChI=1S/C21H24FN3O3S/c1-23(2)29(27,28)18-10-7-17(8-11-18)9-12-21(26)25-15-13-24(14-16-25)20-6-4-3-5-19(20)22/h3-12H,13-16H2,1-2H3/b12-9+. The van der Waals surface area contributed by atoms with Gasteiger partial charge in [-0.3, -0.25) is 4.79 Å². The second-order valence-corrected chi connectivity index (χ2v) is 9.11. The average molecular weight is 418 g/mol. The van der Waals surface area contributed by atoms with Crippen molar-refractivity contribution in [2.45, 2.75) is 4.90 Å². The van der Waals surface area contributed by atoms with Gasteiger partial charge in [-0.2, -0.15) is 0 Å². The lowest BCUT2D eigenvalue weighted by Crippen LogP contribution is -2.48. The molecule has 0 aliphatic carbocycles. The van der Waals surface area contributed by atoms with Gasteiger partial charge in [0.25, 0.3) is 0 Å². The van der Waals surface area contributed by atoms with Crippen LogP contribution in [0.25, 0.3) is 6.08 Å². The summed E-state index contributed by atoms with van der Waals surface area (Å²) in [6.45, 7) is 2.16. The van der Waals surface area contributed by atoms with E-state index in [0.717, 1.165) is 9.87 Å². The fourth-order valence-corrected chi connectivity index (χ4v) is 4.01. The van der Waals surface area contributed by atoms with E-state index in [0.29, 0.717) is 31.9 Å². The normalized spacial score (nSPS) is 15.3. The molecule has 2 aromatic rings. The summed E-state index contributed by atoms with van der Waals surface area (Å²) in [5.41, 5.74) is 1.30. The van der Waals surface area contributed by atoms with Crippen LogP contribution in [0.2, 0.25) is 0 Å². The Balaban J connectivity index is 1.58. The zero-order chi connectivity index (χ0) is 21.0. The Morgan fingerprint density at radius 2 is 1.62 bits per heavy atom. The fourth-order valence-electron chi connectivity index (χ4n) is 3.11. The van der Waals surface area contributed by atoms with Crippen molar-refractivity contribution < 1.29 is 17.6 Å². The number of carbonyl (C=O) groups is 1. The Bertz CT molecular complexity index is 996. The van der Waals surface area contributed by atoms with Crippen molar-refractivity contribution in [2.24, 2.45) is 0 Å². The molecule has 6 nitrogen and oxygen atoms in total. The monoisotopic (exact) mass is 417 g/mol. The van der Waals surface area contributed by atoms with Crippen molar-refractivity contribution in [1.82, 2.24) is 9.21 Å². The molecule has 0 saturated carbocycles. The van der Waals surface area contributed by atoms with Gasteiger partial charge >= 0.3 is 0 Å². The summed E-state index contributed by atoms with van der Waals surface area (Å²) in [7, 11) is -0.511. The number of piperazine rings is 1. The molecular formula is C21H24FN3O3S. The first-order valence-electron chi connectivity index (χ1n) is 9.28. The van der Waals surface area contributed by atoms with Crippen molar-refractivity contribution in [3.63, 3.8) is 0 Å². The van der Waals surface area contributed by atoms with E-state index in [2.05, 4.69) is 0 Å². The van der Waals surface area contributed by atoms with E-state index in [9.17, 15) is 17.6 Å².